The molecule has 2 fully saturated rings. The largest absolute Gasteiger partial charge is 0.425 e. The normalized spacial score (nSPS) is 21.8. The van der Waals surface area contributed by atoms with E-state index in [2.05, 4.69) is 62.4 Å². The average Bonchev–Trinajstić information content (AvgIpc) is 3.59. The Morgan fingerprint density at radius 3 is 1.33 bits per heavy atom. The van der Waals surface area contributed by atoms with Gasteiger partial charge in [0.2, 0.25) is 0 Å². The predicted octanol–water partition coefficient (Wildman–Crippen LogP) is 10.0. The lowest BCUT2D eigenvalue weighted by atomic mass is 9.78. The van der Waals surface area contributed by atoms with Gasteiger partial charge in [0.1, 0.15) is 29.2 Å². The van der Waals surface area contributed by atoms with Crippen LogP contribution in [-0.4, -0.2) is 11.9 Å². The van der Waals surface area contributed by atoms with Crippen LogP contribution in [0.25, 0.3) is 0 Å². The summed E-state index contributed by atoms with van der Waals surface area (Å²) < 4.78 is 12.5. The van der Waals surface area contributed by atoms with E-state index in [9.17, 15) is 20.1 Å². The van der Waals surface area contributed by atoms with Gasteiger partial charge in [-0.25, -0.2) is 0 Å². The second-order valence-electron chi connectivity index (χ2n) is 12.9. The van der Waals surface area contributed by atoms with Crippen LogP contribution in [0.4, 0.5) is 0 Å². The molecule has 0 radical (unpaired) electrons. The molecule has 246 valence electrons. The Morgan fingerprint density at radius 1 is 0.625 bits per heavy atom. The monoisotopic (exact) mass is 676 g/mol. The Bertz CT molecular complexity index is 1640. The molecule has 0 atom stereocenters. The zero-order valence-electron chi connectivity index (χ0n) is 27.5. The molecule has 0 aromatic heterocycles. The van der Waals surface area contributed by atoms with Crippen molar-refractivity contribution in [3.05, 3.63) is 92.7 Å². The number of nitrogens with zero attached hydrogens (tertiary/aromatic N) is 2. The summed E-state index contributed by atoms with van der Waals surface area (Å²) in [6.07, 6.45) is 8.76. The fourth-order valence-electron chi connectivity index (χ4n) is 7.06. The number of aryl methyl sites for hydroxylation is 2. The zero-order valence-corrected chi connectivity index (χ0v) is 29.1. The van der Waals surface area contributed by atoms with Crippen molar-refractivity contribution in [2.75, 3.05) is 0 Å². The van der Waals surface area contributed by atoms with Crippen LogP contribution in [0.5, 0.6) is 11.5 Å². The molecule has 8 heteroatoms. The molecule has 48 heavy (non-hydrogen) atoms. The van der Waals surface area contributed by atoms with Gasteiger partial charge < -0.3 is 9.47 Å². The summed E-state index contributed by atoms with van der Waals surface area (Å²) in [4.78, 5) is 28.0. The summed E-state index contributed by atoms with van der Waals surface area (Å²) in [5.74, 6) is 0.664. The number of carbonyl (C=O) groups is 2. The van der Waals surface area contributed by atoms with E-state index in [1.807, 2.05) is 12.1 Å². The number of allylic oxidation sites excluding steroid dienone is 1. The van der Waals surface area contributed by atoms with Crippen molar-refractivity contribution in [3.63, 3.8) is 0 Å². The molecule has 1 heterocycles. The van der Waals surface area contributed by atoms with Gasteiger partial charge in [-0.05, 0) is 110 Å². The molecule has 0 bridgehead atoms. The molecule has 0 N–H and O–H groups in total. The van der Waals surface area contributed by atoms with Gasteiger partial charge in [0.15, 0.2) is 0 Å². The van der Waals surface area contributed by atoms with Crippen molar-refractivity contribution in [2.24, 2.45) is 11.8 Å². The first-order valence-corrected chi connectivity index (χ1v) is 18.7. The van der Waals surface area contributed by atoms with Crippen LogP contribution in [-0.2, 0) is 22.4 Å². The third-order valence-electron chi connectivity index (χ3n) is 10.1. The van der Waals surface area contributed by atoms with E-state index < -0.39 is 0 Å². The van der Waals surface area contributed by atoms with Crippen LogP contribution in [0.3, 0.4) is 0 Å². The Morgan fingerprint density at radius 2 is 1.00 bits per heavy atom. The topological polar surface area (TPSA) is 100 Å². The third-order valence-corrected chi connectivity index (χ3v) is 12.7. The first kappa shape index (κ1) is 33.9. The highest BCUT2D eigenvalue weighted by Gasteiger charge is 2.34. The minimum absolute atomic E-state index is 0.0219. The summed E-state index contributed by atoms with van der Waals surface area (Å²) in [6.45, 7) is 4.31. The van der Waals surface area contributed by atoms with Gasteiger partial charge in [-0.3, -0.25) is 9.59 Å². The number of esters is 2. The molecule has 6 nitrogen and oxygen atoms in total. The van der Waals surface area contributed by atoms with Crippen LogP contribution >= 0.6 is 23.5 Å². The van der Waals surface area contributed by atoms with Crippen molar-refractivity contribution < 1.29 is 19.1 Å². The second-order valence-corrected chi connectivity index (χ2v) is 15.2. The molecule has 0 unspecified atom stereocenters. The van der Waals surface area contributed by atoms with E-state index in [-0.39, 0.29) is 29.3 Å². The third kappa shape index (κ3) is 7.51. The molecule has 1 aliphatic heterocycles. The number of fused-ring (bicyclic) bond motifs is 1. The van der Waals surface area contributed by atoms with Crippen molar-refractivity contribution in [1.29, 1.82) is 10.5 Å². The summed E-state index contributed by atoms with van der Waals surface area (Å²) >= 11 is 2.43. The highest BCUT2D eigenvalue weighted by molar-refractivity contribution is 8.24. The van der Waals surface area contributed by atoms with Crippen molar-refractivity contribution >= 4 is 35.5 Å². The maximum atomic E-state index is 13.4. The molecule has 0 spiro atoms. The fraction of sp³-hybridized carbons (Fsp3) is 0.400. The quantitative estimate of drug-likeness (QED) is 0.132. The van der Waals surface area contributed by atoms with Gasteiger partial charge in [-0.15, -0.1) is 0 Å². The van der Waals surface area contributed by atoms with Crippen LogP contribution < -0.4 is 9.47 Å². The second kappa shape index (κ2) is 15.5. The zero-order chi connectivity index (χ0) is 33.6. The van der Waals surface area contributed by atoms with Crippen LogP contribution in [0.15, 0.2) is 80.3 Å². The van der Waals surface area contributed by atoms with Crippen molar-refractivity contribution in [3.8, 4) is 23.6 Å². The lowest BCUT2D eigenvalue weighted by Crippen LogP contribution is -2.26. The van der Waals surface area contributed by atoms with E-state index in [0.717, 1.165) is 64.2 Å². The number of carbonyl (C=O) groups excluding carboxylic acids is 2. The number of nitriles is 2. The average molecular weight is 677 g/mol. The summed E-state index contributed by atoms with van der Waals surface area (Å²) in [7, 11) is 0. The van der Waals surface area contributed by atoms with Gasteiger partial charge in [0, 0.05) is 0 Å². The first-order valence-electron chi connectivity index (χ1n) is 17.1. The number of benzene rings is 3. The molecular weight excluding hydrogens is 637 g/mol. The maximum Gasteiger partial charge on any atom is 0.314 e. The van der Waals surface area contributed by atoms with Crippen molar-refractivity contribution in [2.45, 2.75) is 99.7 Å². The molecule has 6 rings (SSSR count). The molecule has 3 aliphatic rings. The van der Waals surface area contributed by atoms with E-state index in [1.54, 1.807) is 12.1 Å². The predicted molar refractivity (Wildman–Crippen MR) is 189 cm³/mol. The molecule has 2 saturated carbocycles. The van der Waals surface area contributed by atoms with Crippen molar-refractivity contribution in [1.82, 2.24) is 0 Å². The van der Waals surface area contributed by atoms with E-state index in [4.69, 9.17) is 9.47 Å². The standard InChI is InChI=1S/C40H40N2O4S2/c1-3-25-5-9-27(10-6-25)29-13-17-31(18-14-29)38(43)45-34-21-22-35(37-36(34)47-40(48-37)33(23-41)24-42)46-39(44)32-19-15-30(16-20-32)28-11-7-26(4-2)8-12-28/h5-12,21-22,29-32H,3-4,13-20H2,1-2H3. The lowest BCUT2D eigenvalue weighted by molar-refractivity contribution is -0.141. The lowest BCUT2D eigenvalue weighted by Gasteiger charge is -2.28. The molecule has 0 amide bonds. The number of hydrogen-bond donors (Lipinski definition) is 0. The van der Waals surface area contributed by atoms with Crippen LogP contribution in [0.2, 0.25) is 0 Å². The molecule has 3 aromatic carbocycles. The molecule has 2 aliphatic carbocycles. The smallest absolute Gasteiger partial charge is 0.314 e. The summed E-state index contributed by atoms with van der Waals surface area (Å²) in [5, 5.41) is 19.1. The first-order chi connectivity index (χ1) is 23.4. The Balaban J connectivity index is 1.12. The van der Waals surface area contributed by atoms with Crippen LogP contribution in [0.1, 0.15) is 99.3 Å². The Kier molecular flexibility index (Phi) is 10.9. The summed E-state index contributed by atoms with van der Waals surface area (Å²) in [5.41, 5.74) is 5.29. The number of rotatable bonds is 8. The van der Waals surface area contributed by atoms with Crippen LogP contribution in [0, 0.1) is 34.5 Å². The molecule has 3 aromatic rings. The van der Waals surface area contributed by atoms with E-state index in [1.165, 1.54) is 45.8 Å². The Labute approximate surface area is 291 Å². The minimum atomic E-state index is -0.272. The summed E-state index contributed by atoms with van der Waals surface area (Å²) in [6, 6.07) is 24.9. The van der Waals surface area contributed by atoms with Gasteiger partial charge in [0.25, 0.3) is 0 Å². The number of hydrogen-bond acceptors (Lipinski definition) is 8. The SMILES string of the molecule is CCc1ccc(C2CCC(C(=O)Oc3ccc(OC(=O)C4CCC(c5ccc(CC)cc5)CC4)c4c3SC(=C(C#N)C#N)S4)CC2)cc1. The minimum Gasteiger partial charge on any atom is -0.425 e. The van der Waals surface area contributed by atoms with Gasteiger partial charge in [-0.2, -0.15) is 10.5 Å². The highest BCUT2D eigenvalue weighted by Crippen LogP contribution is 2.59. The number of ether oxygens (including phenoxy) is 2. The van der Waals surface area contributed by atoms with E-state index >= 15 is 0 Å². The highest BCUT2D eigenvalue weighted by atomic mass is 32.2. The van der Waals surface area contributed by atoms with Gasteiger partial charge in [-0.1, -0.05) is 85.9 Å². The Hall–Kier alpha value is -3.98. The maximum absolute atomic E-state index is 13.4. The number of thioether (sulfide) groups is 2. The molecular formula is C40H40N2O4S2. The van der Waals surface area contributed by atoms with E-state index in [0.29, 0.717) is 37.4 Å². The van der Waals surface area contributed by atoms with Gasteiger partial charge >= 0.3 is 11.9 Å². The molecule has 0 saturated heterocycles. The fourth-order valence-corrected chi connectivity index (χ4v) is 9.55. The van der Waals surface area contributed by atoms with Gasteiger partial charge in [0.05, 0.1) is 25.9 Å².